The second-order valence-corrected chi connectivity index (χ2v) is 6.31. The van der Waals surface area contributed by atoms with E-state index in [-0.39, 0.29) is 5.82 Å². The molecule has 0 saturated heterocycles. The molecule has 0 spiro atoms. The predicted molar refractivity (Wildman–Crippen MR) is 85.2 cm³/mol. The lowest BCUT2D eigenvalue weighted by molar-refractivity contribution is 0.244. The maximum atomic E-state index is 13.4. The highest BCUT2D eigenvalue weighted by Crippen LogP contribution is 2.37. The minimum Gasteiger partial charge on any atom is -0.324 e. The summed E-state index contributed by atoms with van der Waals surface area (Å²) in [6, 6.07) is 5.30. The third-order valence-corrected chi connectivity index (χ3v) is 5.03. The third-order valence-electron chi connectivity index (χ3n) is 4.79. The van der Waals surface area contributed by atoms with Crippen molar-refractivity contribution in [1.82, 2.24) is 9.55 Å². The van der Waals surface area contributed by atoms with Crippen molar-refractivity contribution in [3.05, 3.63) is 29.8 Å². The minimum absolute atomic E-state index is 0.237. The van der Waals surface area contributed by atoms with Crippen LogP contribution in [0.4, 0.5) is 4.39 Å². The summed E-state index contributed by atoms with van der Waals surface area (Å²) in [4.78, 5) is 4.55. The number of halogens is 2. The molecular formula is C17H22ClFN2. The zero-order valence-corrected chi connectivity index (χ0v) is 13.2. The number of fused-ring (bicyclic) bond motifs is 1. The highest BCUT2D eigenvalue weighted by Gasteiger charge is 2.27. The fourth-order valence-corrected chi connectivity index (χ4v) is 4.02. The molecule has 21 heavy (non-hydrogen) atoms. The van der Waals surface area contributed by atoms with E-state index in [2.05, 4.69) is 16.5 Å². The maximum Gasteiger partial charge on any atom is 0.125 e. The Morgan fingerprint density at radius 2 is 2.10 bits per heavy atom. The van der Waals surface area contributed by atoms with Crippen LogP contribution in [0.5, 0.6) is 0 Å². The molecule has 1 aliphatic rings. The van der Waals surface area contributed by atoms with Crippen molar-refractivity contribution < 1.29 is 4.39 Å². The van der Waals surface area contributed by atoms with Crippen molar-refractivity contribution in [3.63, 3.8) is 0 Å². The van der Waals surface area contributed by atoms with Gasteiger partial charge in [0.25, 0.3) is 0 Å². The molecule has 0 aliphatic heterocycles. The van der Waals surface area contributed by atoms with Gasteiger partial charge in [0.15, 0.2) is 0 Å². The van der Waals surface area contributed by atoms with E-state index >= 15 is 0 Å². The lowest BCUT2D eigenvalue weighted by atomic mass is 9.82. The molecule has 1 fully saturated rings. The average Bonchev–Trinajstić information content (AvgIpc) is 2.87. The molecule has 1 aliphatic carbocycles. The van der Waals surface area contributed by atoms with Gasteiger partial charge in [-0.2, -0.15) is 0 Å². The summed E-state index contributed by atoms with van der Waals surface area (Å²) in [5, 5.41) is 0. The van der Waals surface area contributed by atoms with E-state index in [9.17, 15) is 4.39 Å². The standard InChI is InChI=1S/C17H22ClFN2/c1-2-15(12-6-4-3-5-7-12)21-16-9-8-13(19)10-14(16)20-17(21)11-18/h8-10,12,15H,2-7,11H2,1H3. The molecule has 1 unspecified atom stereocenters. The monoisotopic (exact) mass is 308 g/mol. The van der Waals surface area contributed by atoms with Gasteiger partial charge in [-0.3, -0.25) is 0 Å². The molecule has 3 rings (SSSR count). The van der Waals surface area contributed by atoms with Crippen molar-refractivity contribution in [2.24, 2.45) is 5.92 Å². The van der Waals surface area contributed by atoms with E-state index in [1.165, 1.54) is 44.2 Å². The Labute approximate surface area is 130 Å². The molecule has 0 N–H and O–H groups in total. The first-order valence-electron chi connectivity index (χ1n) is 7.97. The van der Waals surface area contributed by atoms with Gasteiger partial charge in [0.2, 0.25) is 0 Å². The molecule has 4 heteroatoms. The van der Waals surface area contributed by atoms with Crippen molar-refractivity contribution in [2.45, 2.75) is 57.4 Å². The molecule has 0 radical (unpaired) electrons. The molecule has 1 atom stereocenters. The molecule has 1 aromatic carbocycles. The van der Waals surface area contributed by atoms with Crippen LogP contribution >= 0.6 is 11.6 Å². The first-order valence-corrected chi connectivity index (χ1v) is 8.50. The number of imidazole rings is 1. The number of hydrogen-bond acceptors (Lipinski definition) is 1. The van der Waals surface area contributed by atoms with Crippen LogP contribution in [0.15, 0.2) is 18.2 Å². The second kappa shape index (κ2) is 6.35. The molecule has 0 bridgehead atoms. The third kappa shape index (κ3) is 2.80. The van der Waals surface area contributed by atoms with Crippen molar-refractivity contribution in [2.75, 3.05) is 0 Å². The summed E-state index contributed by atoms with van der Waals surface area (Å²) in [6.45, 7) is 2.23. The number of aromatic nitrogens is 2. The van der Waals surface area contributed by atoms with Crippen LogP contribution < -0.4 is 0 Å². The highest BCUT2D eigenvalue weighted by molar-refractivity contribution is 6.16. The molecule has 1 saturated carbocycles. The molecule has 2 nitrogen and oxygen atoms in total. The Bertz CT molecular complexity index is 617. The van der Waals surface area contributed by atoms with Crippen LogP contribution in [0, 0.1) is 11.7 Å². The van der Waals surface area contributed by atoms with Crippen molar-refractivity contribution in [1.29, 1.82) is 0 Å². The number of hydrogen-bond donors (Lipinski definition) is 0. The first kappa shape index (κ1) is 14.8. The topological polar surface area (TPSA) is 17.8 Å². The summed E-state index contributed by atoms with van der Waals surface area (Å²) in [6.07, 6.45) is 7.61. The lowest BCUT2D eigenvalue weighted by Gasteiger charge is -2.32. The van der Waals surface area contributed by atoms with Gasteiger partial charge in [0.05, 0.1) is 16.9 Å². The zero-order chi connectivity index (χ0) is 14.8. The van der Waals surface area contributed by atoms with Crippen LogP contribution in [0.3, 0.4) is 0 Å². The van der Waals surface area contributed by atoms with Crippen molar-refractivity contribution in [3.8, 4) is 0 Å². The van der Waals surface area contributed by atoms with E-state index in [4.69, 9.17) is 11.6 Å². The molecule has 2 aromatic rings. The Morgan fingerprint density at radius 1 is 1.33 bits per heavy atom. The summed E-state index contributed by atoms with van der Waals surface area (Å²) < 4.78 is 15.7. The van der Waals surface area contributed by atoms with Crippen LogP contribution in [-0.2, 0) is 5.88 Å². The minimum atomic E-state index is -0.237. The summed E-state index contributed by atoms with van der Waals surface area (Å²) in [7, 11) is 0. The van der Waals surface area contributed by atoms with E-state index < -0.39 is 0 Å². The summed E-state index contributed by atoms with van der Waals surface area (Å²) >= 11 is 6.11. The number of nitrogens with zero attached hydrogens (tertiary/aromatic N) is 2. The van der Waals surface area contributed by atoms with Gasteiger partial charge in [-0.25, -0.2) is 9.37 Å². The summed E-state index contributed by atoms with van der Waals surface area (Å²) in [5.41, 5.74) is 1.74. The van der Waals surface area contributed by atoms with E-state index in [0.717, 1.165) is 23.3 Å². The van der Waals surface area contributed by atoms with Gasteiger partial charge in [-0.15, -0.1) is 11.6 Å². The fraction of sp³-hybridized carbons (Fsp3) is 0.588. The normalized spacial score (nSPS) is 18.2. The molecule has 1 aromatic heterocycles. The Kier molecular flexibility index (Phi) is 4.48. The van der Waals surface area contributed by atoms with Crippen LogP contribution in [0.2, 0.25) is 0 Å². The zero-order valence-electron chi connectivity index (χ0n) is 12.5. The molecular weight excluding hydrogens is 287 g/mol. The Morgan fingerprint density at radius 3 is 2.76 bits per heavy atom. The smallest absolute Gasteiger partial charge is 0.125 e. The SMILES string of the molecule is CCC(C1CCCCC1)n1c(CCl)nc2cc(F)ccc21. The predicted octanol–water partition coefficient (Wildman–Crippen LogP) is 5.45. The molecule has 1 heterocycles. The van der Waals surface area contributed by atoms with Gasteiger partial charge in [0, 0.05) is 12.1 Å². The highest BCUT2D eigenvalue weighted by atomic mass is 35.5. The molecule has 114 valence electrons. The van der Waals surface area contributed by atoms with Crippen LogP contribution in [-0.4, -0.2) is 9.55 Å². The van der Waals surface area contributed by atoms with Gasteiger partial charge in [-0.1, -0.05) is 26.2 Å². The number of alkyl halides is 1. The second-order valence-electron chi connectivity index (χ2n) is 6.04. The van der Waals surface area contributed by atoms with E-state index in [1.54, 1.807) is 0 Å². The average molecular weight is 309 g/mol. The first-order chi connectivity index (χ1) is 10.2. The van der Waals surface area contributed by atoms with Crippen LogP contribution in [0.1, 0.15) is 57.3 Å². The summed E-state index contributed by atoms with van der Waals surface area (Å²) in [5.74, 6) is 1.70. The van der Waals surface area contributed by atoms with Crippen LogP contribution in [0.25, 0.3) is 11.0 Å². The number of benzene rings is 1. The van der Waals surface area contributed by atoms with Gasteiger partial charge < -0.3 is 4.57 Å². The lowest BCUT2D eigenvalue weighted by Crippen LogP contribution is -2.22. The van der Waals surface area contributed by atoms with Gasteiger partial charge in [0.1, 0.15) is 11.6 Å². The van der Waals surface area contributed by atoms with Gasteiger partial charge >= 0.3 is 0 Å². The Hall–Kier alpha value is -1.09. The van der Waals surface area contributed by atoms with E-state index in [1.807, 2.05) is 6.07 Å². The fourth-order valence-electron chi connectivity index (χ4n) is 3.83. The largest absolute Gasteiger partial charge is 0.324 e. The number of rotatable bonds is 4. The van der Waals surface area contributed by atoms with E-state index in [0.29, 0.717) is 17.8 Å². The maximum absolute atomic E-state index is 13.4. The quantitative estimate of drug-likeness (QED) is 0.687. The molecule has 0 amide bonds. The van der Waals surface area contributed by atoms with Crippen molar-refractivity contribution >= 4 is 22.6 Å². The Balaban J connectivity index is 2.07. The van der Waals surface area contributed by atoms with Gasteiger partial charge in [-0.05, 0) is 37.3 Å².